The van der Waals surface area contributed by atoms with Gasteiger partial charge in [0.15, 0.2) is 6.10 Å². The van der Waals surface area contributed by atoms with Crippen LogP contribution in [0.15, 0.2) is 36.1 Å². The van der Waals surface area contributed by atoms with Crippen molar-refractivity contribution in [3.05, 3.63) is 36.1 Å². The molecule has 0 amide bonds. The summed E-state index contributed by atoms with van der Waals surface area (Å²) in [6.45, 7) is 11.2. The van der Waals surface area contributed by atoms with Crippen LogP contribution >= 0.6 is 0 Å². The number of carbonyl (C=O) groups is 1. The Kier molecular flexibility index (Phi) is 12.3. The number of hydrogen-bond acceptors (Lipinski definition) is 4. The Labute approximate surface area is 211 Å². The van der Waals surface area contributed by atoms with Gasteiger partial charge in [-0.2, -0.15) is 13.2 Å². The van der Waals surface area contributed by atoms with Gasteiger partial charge < -0.3 is 14.6 Å². The van der Waals surface area contributed by atoms with Crippen LogP contribution in [-0.4, -0.2) is 48.4 Å². The lowest BCUT2D eigenvalue weighted by atomic mass is 9.67. The van der Waals surface area contributed by atoms with Crippen molar-refractivity contribution in [2.24, 2.45) is 17.3 Å². The molecule has 208 valence electrons. The normalized spacial score (nSPS) is 28.4. The molecule has 0 aromatic carbocycles. The minimum atomic E-state index is -4.34. The minimum absolute atomic E-state index is 0.0584. The second kappa shape index (κ2) is 13.7. The van der Waals surface area contributed by atoms with E-state index in [0.29, 0.717) is 37.2 Å². The molecule has 0 heterocycles. The first kappa shape index (κ1) is 32.3. The van der Waals surface area contributed by atoms with E-state index >= 15 is 0 Å². The highest BCUT2D eigenvalue weighted by atomic mass is 19.4. The largest absolute Gasteiger partial charge is 0.485 e. The summed E-state index contributed by atoms with van der Waals surface area (Å²) in [7, 11) is 0. The maximum atomic E-state index is 12.4. The van der Waals surface area contributed by atoms with Gasteiger partial charge in [-0.05, 0) is 58.4 Å². The van der Waals surface area contributed by atoms with Crippen molar-refractivity contribution in [3.8, 4) is 0 Å². The summed E-state index contributed by atoms with van der Waals surface area (Å²) in [5, 5.41) is 10.3. The lowest BCUT2D eigenvalue weighted by Gasteiger charge is -2.41. The smallest absolute Gasteiger partial charge is 0.425 e. The first-order valence-corrected chi connectivity index (χ1v) is 12.4. The molecule has 2 rings (SSSR count). The number of carbonyl (C=O) groups excluding carboxylic acids is 1. The van der Waals surface area contributed by atoms with Crippen LogP contribution in [0.2, 0.25) is 0 Å². The van der Waals surface area contributed by atoms with Gasteiger partial charge in [-0.1, -0.05) is 45.1 Å². The second-order valence-corrected chi connectivity index (χ2v) is 10.4. The SMILES string of the molecule is C=C/C(C)=C\C=C(\O[C@H](C)C(F)(F)F)C(C)C.CC1CCC2(CCC(O)(COCC(F)F)CC2)C1=O. The third kappa shape index (κ3) is 9.96. The first-order valence-electron chi connectivity index (χ1n) is 12.4. The summed E-state index contributed by atoms with van der Waals surface area (Å²) in [5.41, 5.74) is -0.424. The van der Waals surface area contributed by atoms with E-state index in [2.05, 4.69) is 6.58 Å². The Hall–Kier alpha value is -1.74. The third-order valence-electron chi connectivity index (χ3n) is 6.95. The van der Waals surface area contributed by atoms with Gasteiger partial charge in [0.2, 0.25) is 0 Å². The molecule has 0 aliphatic heterocycles. The number of rotatable bonds is 9. The molecule has 2 aliphatic carbocycles. The summed E-state index contributed by atoms with van der Waals surface area (Å²) < 4.78 is 70.8. The van der Waals surface area contributed by atoms with Crippen molar-refractivity contribution >= 4 is 5.78 Å². The summed E-state index contributed by atoms with van der Waals surface area (Å²) >= 11 is 0. The summed E-state index contributed by atoms with van der Waals surface area (Å²) in [6, 6.07) is 0. The summed E-state index contributed by atoms with van der Waals surface area (Å²) in [4.78, 5) is 12.2. The fourth-order valence-corrected chi connectivity index (χ4v) is 4.36. The number of aliphatic hydroxyl groups is 1. The molecule has 2 atom stereocenters. The molecule has 1 unspecified atom stereocenters. The number of alkyl halides is 5. The number of allylic oxidation sites excluding steroid dienone is 5. The molecular weight excluding hydrogens is 483 g/mol. The van der Waals surface area contributed by atoms with Gasteiger partial charge >= 0.3 is 6.18 Å². The van der Waals surface area contributed by atoms with Gasteiger partial charge in [0, 0.05) is 17.3 Å². The lowest BCUT2D eigenvalue weighted by molar-refractivity contribution is -0.205. The Morgan fingerprint density at radius 1 is 1.14 bits per heavy atom. The molecule has 2 fully saturated rings. The van der Waals surface area contributed by atoms with Gasteiger partial charge in [-0.3, -0.25) is 4.79 Å². The predicted octanol–water partition coefficient (Wildman–Crippen LogP) is 7.18. The Morgan fingerprint density at radius 3 is 2.14 bits per heavy atom. The zero-order chi connectivity index (χ0) is 27.7. The van der Waals surface area contributed by atoms with Crippen LogP contribution in [0.1, 0.15) is 73.1 Å². The molecule has 2 aliphatic rings. The van der Waals surface area contributed by atoms with E-state index in [1.54, 1.807) is 32.1 Å². The first-order chi connectivity index (χ1) is 16.5. The van der Waals surface area contributed by atoms with E-state index in [-0.39, 0.29) is 23.9 Å². The van der Waals surface area contributed by atoms with Gasteiger partial charge in [-0.15, -0.1) is 0 Å². The minimum Gasteiger partial charge on any atom is -0.485 e. The van der Waals surface area contributed by atoms with Crippen LogP contribution < -0.4 is 0 Å². The quantitative estimate of drug-likeness (QED) is 0.197. The van der Waals surface area contributed by atoms with E-state index in [1.165, 1.54) is 0 Å². The highest BCUT2D eigenvalue weighted by Gasteiger charge is 2.50. The number of hydrogen-bond donors (Lipinski definition) is 1. The molecule has 9 heteroatoms. The third-order valence-corrected chi connectivity index (χ3v) is 6.95. The average Bonchev–Trinajstić information content (AvgIpc) is 3.06. The molecule has 4 nitrogen and oxygen atoms in total. The standard InChI is InChI=1S/C14H22F2O3.C13H19F3O/c1-10-2-3-13(12(10)17)4-6-14(18,7-5-13)9-19-8-11(15)16;1-6-10(4)7-8-12(9(2)3)17-11(5)13(14,15)16/h10-11,18H,2-9H2,1H3;6-9,11H,1H2,2-5H3/b;10-7-,12-8+/t;11-/m.1/s1. The summed E-state index contributed by atoms with van der Waals surface area (Å²) in [5.74, 6) is 0.661. The Balaban J connectivity index is 0.000000363. The topological polar surface area (TPSA) is 55.8 Å². The van der Waals surface area contributed by atoms with Crippen LogP contribution in [0.4, 0.5) is 22.0 Å². The van der Waals surface area contributed by atoms with E-state index in [0.717, 1.165) is 25.3 Å². The molecule has 0 radical (unpaired) electrons. The monoisotopic (exact) mass is 524 g/mol. The molecule has 0 bridgehead atoms. The van der Waals surface area contributed by atoms with Crippen LogP contribution in [0, 0.1) is 17.3 Å². The van der Waals surface area contributed by atoms with E-state index in [4.69, 9.17) is 9.47 Å². The molecule has 1 spiro atoms. The van der Waals surface area contributed by atoms with Crippen molar-refractivity contribution in [3.63, 3.8) is 0 Å². The molecule has 0 saturated heterocycles. The zero-order valence-corrected chi connectivity index (χ0v) is 22.0. The van der Waals surface area contributed by atoms with Crippen LogP contribution in [0.3, 0.4) is 0 Å². The lowest BCUT2D eigenvalue weighted by Crippen LogP contribution is -2.44. The molecule has 1 N–H and O–H groups in total. The fraction of sp³-hybridized carbons (Fsp3) is 0.741. The van der Waals surface area contributed by atoms with Crippen LogP contribution in [0.5, 0.6) is 0 Å². The van der Waals surface area contributed by atoms with Crippen molar-refractivity contribution in [2.75, 3.05) is 13.2 Å². The van der Waals surface area contributed by atoms with E-state index < -0.39 is 30.9 Å². The van der Waals surface area contributed by atoms with Crippen molar-refractivity contribution in [2.45, 2.75) is 97.5 Å². The van der Waals surface area contributed by atoms with E-state index in [9.17, 15) is 31.9 Å². The zero-order valence-electron chi connectivity index (χ0n) is 22.0. The van der Waals surface area contributed by atoms with E-state index in [1.807, 2.05) is 13.8 Å². The fourth-order valence-electron chi connectivity index (χ4n) is 4.36. The van der Waals surface area contributed by atoms with Crippen LogP contribution in [-0.2, 0) is 14.3 Å². The Morgan fingerprint density at radius 2 is 1.72 bits per heavy atom. The molecule has 0 aromatic heterocycles. The molecule has 36 heavy (non-hydrogen) atoms. The van der Waals surface area contributed by atoms with Crippen molar-refractivity contribution in [1.29, 1.82) is 0 Å². The summed E-state index contributed by atoms with van der Waals surface area (Å²) in [6.07, 6.45) is 0.311. The van der Waals surface area contributed by atoms with Gasteiger partial charge in [0.1, 0.15) is 12.4 Å². The van der Waals surface area contributed by atoms with Crippen molar-refractivity contribution in [1.82, 2.24) is 0 Å². The number of ketones is 1. The number of Topliss-reactive ketones (excluding diaryl/α,β-unsaturated/α-hetero) is 1. The highest BCUT2D eigenvalue weighted by Crippen LogP contribution is 2.50. The van der Waals surface area contributed by atoms with Crippen molar-refractivity contribution < 1.29 is 41.3 Å². The number of halogens is 5. The average molecular weight is 525 g/mol. The maximum absolute atomic E-state index is 12.4. The highest BCUT2D eigenvalue weighted by molar-refractivity contribution is 5.88. The van der Waals surface area contributed by atoms with Crippen LogP contribution in [0.25, 0.3) is 0 Å². The maximum Gasteiger partial charge on any atom is 0.425 e. The predicted molar refractivity (Wildman–Crippen MR) is 130 cm³/mol. The second-order valence-electron chi connectivity index (χ2n) is 10.4. The molecule has 2 saturated carbocycles. The number of ether oxygens (including phenoxy) is 2. The van der Waals surface area contributed by atoms with Gasteiger partial charge in [0.25, 0.3) is 6.43 Å². The Bertz CT molecular complexity index is 778. The molecular formula is C27H41F5O4. The van der Waals surface area contributed by atoms with Gasteiger partial charge in [-0.25, -0.2) is 8.78 Å². The van der Waals surface area contributed by atoms with Gasteiger partial charge in [0.05, 0.1) is 18.0 Å². The molecule has 0 aromatic rings.